The zero-order valence-corrected chi connectivity index (χ0v) is 7.09. The van der Waals surface area contributed by atoms with E-state index in [-0.39, 0.29) is 0 Å². The van der Waals surface area contributed by atoms with E-state index in [0.29, 0.717) is 5.69 Å². The van der Waals surface area contributed by atoms with Crippen molar-refractivity contribution in [3.63, 3.8) is 0 Å². The van der Waals surface area contributed by atoms with Crippen molar-refractivity contribution >= 4 is 11.4 Å². The van der Waals surface area contributed by atoms with Gasteiger partial charge >= 0.3 is 0 Å². The minimum Gasteiger partial charge on any atom is -0.397 e. The molecule has 0 aliphatic heterocycles. The van der Waals surface area contributed by atoms with Crippen LogP contribution in [0, 0.1) is 0 Å². The molecule has 0 bridgehead atoms. The average molecular weight is 163 g/mol. The molecule has 0 heterocycles. The maximum Gasteiger partial charge on any atom is 0.0955 e. The van der Waals surface area contributed by atoms with E-state index in [0.717, 1.165) is 11.5 Å². The summed E-state index contributed by atoms with van der Waals surface area (Å²) in [6, 6.07) is 7.55. The number of nitrogens with two attached hydrogens (primary N) is 1. The molecule has 0 aliphatic carbocycles. The van der Waals surface area contributed by atoms with E-state index in [1.807, 2.05) is 24.3 Å². The van der Waals surface area contributed by atoms with Gasteiger partial charge in [0.1, 0.15) is 0 Å². The zero-order valence-electron chi connectivity index (χ0n) is 7.09. The summed E-state index contributed by atoms with van der Waals surface area (Å²) in [5.41, 5.74) is 7.28. The van der Waals surface area contributed by atoms with Crippen LogP contribution in [0.15, 0.2) is 36.7 Å². The predicted molar refractivity (Wildman–Crippen MR) is 52.7 cm³/mol. The molecule has 0 unspecified atom stereocenters. The van der Waals surface area contributed by atoms with Crippen LogP contribution in [0.2, 0.25) is 0 Å². The molecule has 1 aromatic carbocycles. The Labute approximate surface area is 72.3 Å². The number of benzene rings is 1. The molecule has 1 aromatic rings. The lowest BCUT2D eigenvalue weighted by Gasteiger charge is -2.10. The van der Waals surface area contributed by atoms with Crippen molar-refractivity contribution in [1.82, 2.24) is 5.32 Å². The standard InChI is InChI=1S/C9H13N3/c1-7(11-2)12-9-6-4-3-5-8(9)10/h3-6,11-12H,1,10H2,2H3. The third kappa shape index (κ3) is 1.92. The molecule has 3 nitrogen and oxygen atoms in total. The fraction of sp³-hybridized carbons (Fsp3) is 0.111. The highest BCUT2D eigenvalue weighted by atomic mass is 15.1. The van der Waals surface area contributed by atoms with E-state index >= 15 is 0 Å². The first-order chi connectivity index (χ1) is 5.74. The fourth-order valence-electron chi connectivity index (χ4n) is 0.836. The summed E-state index contributed by atoms with van der Waals surface area (Å²) in [5.74, 6) is 0.730. The van der Waals surface area contributed by atoms with Crippen molar-refractivity contribution in [2.45, 2.75) is 0 Å². The Morgan fingerprint density at radius 1 is 1.42 bits per heavy atom. The molecule has 1 rings (SSSR count). The predicted octanol–water partition coefficient (Wildman–Crippen LogP) is 1.37. The molecule has 0 amide bonds. The Morgan fingerprint density at radius 2 is 2.08 bits per heavy atom. The first-order valence-corrected chi connectivity index (χ1v) is 3.72. The van der Waals surface area contributed by atoms with Gasteiger partial charge < -0.3 is 16.4 Å². The summed E-state index contributed by atoms with van der Waals surface area (Å²) in [7, 11) is 1.80. The van der Waals surface area contributed by atoms with Gasteiger partial charge in [-0.15, -0.1) is 0 Å². The molecule has 0 saturated carbocycles. The first kappa shape index (κ1) is 8.46. The minimum atomic E-state index is 0.717. The van der Waals surface area contributed by atoms with E-state index in [2.05, 4.69) is 17.2 Å². The summed E-state index contributed by atoms with van der Waals surface area (Å²) < 4.78 is 0. The molecule has 0 saturated heterocycles. The van der Waals surface area contributed by atoms with Crippen LogP contribution in [0.4, 0.5) is 11.4 Å². The van der Waals surface area contributed by atoms with Crippen LogP contribution in [-0.2, 0) is 0 Å². The van der Waals surface area contributed by atoms with Crippen LogP contribution in [0.25, 0.3) is 0 Å². The molecule has 12 heavy (non-hydrogen) atoms. The largest absolute Gasteiger partial charge is 0.397 e. The molecule has 0 atom stereocenters. The lowest BCUT2D eigenvalue weighted by atomic mass is 10.3. The van der Waals surface area contributed by atoms with Crippen LogP contribution in [0.3, 0.4) is 0 Å². The quantitative estimate of drug-likeness (QED) is 0.590. The van der Waals surface area contributed by atoms with Gasteiger partial charge in [0.05, 0.1) is 17.2 Å². The van der Waals surface area contributed by atoms with Crippen molar-refractivity contribution < 1.29 is 0 Å². The van der Waals surface area contributed by atoms with Crippen LogP contribution in [0.1, 0.15) is 0 Å². The molecular weight excluding hydrogens is 150 g/mol. The molecule has 0 fully saturated rings. The van der Waals surface area contributed by atoms with Crippen molar-refractivity contribution in [2.24, 2.45) is 0 Å². The van der Waals surface area contributed by atoms with Gasteiger partial charge in [0.25, 0.3) is 0 Å². The maximum atomic E-state index is 5.69. The highest BCUT2D eigenvalue weighted by molar-refractivity contribution is 5.67. The van der Waals surface area contributed by atoms with Crippen LogP contribution in [-0.4, -0.2) is 7.05 Å². The second-order valence-corrected chi connectivity index (χ2v) is 2.44. The number of nitrogen functional groups attached to an aromatic ring is 1. The molecule has 3 heteroatoms. The van der Waals surface area contributed by atoms with Gasteiger partial charge in [0, 0.05) is 7.05 Å². The number of rotatable bonds is 3. The molecule has 4 N–H and O–H groups in total. The highest BCUT2D eigenvalue weighted by Gasteiger charge is 1.95. The number of hydrogen-bond acceptors (Lipinski definition) is 3. The Morgan fingerprint density at radius 3 is 2.67 bits per heavy atom. The Bertz CT molecular complexity index is 281. The highest BCUT2D eigenvalue weighted by Crippen LogP contribution is 2.17. The second kappa shape index (κ2) is 3.67. The monoisotopic (exact) mass is 163 g/mol. The topological polar surface area (TPSA) is 50.1 Å². The molecular formula is C9H13N3. The van der Waals surface area contributed by atoms with E-state index in [9.17, 15) is 0 Å². The molecule has 0 spiro atoms. The summed E-state index contributed by atoms with van der Waals surface area (Å²) in [5, 5.41) is 5.91. The van der Waals surface area contributed by atoms with Crippen LogP contribution in [0.5, 0.6) is 0 Å². The third-order valence-electron chi connectivity index (χ3n) is 1.55. The maximum absolute atomic E-state index is 5.69. The smallest absolute Gasteiger partial charge is 0.0955 e. The third-order valence-corrected chi connectivity index (χ3v) is 1.55. The van der Waals surface area contributed by atoms with Crippen molar-refractivity contribution in [1.29, 1.82) is 0 Å². The van der Waals surface area contributed by atoms with E-state index in [1.165, 1.54) is 0 Å². The molecule has 0 radical (unpaired) electrons. The van der Waals surface area contributed by atoms with Gasteiger partial charge in [-0.25, -0.2) is 0 Å². The van der Waals surface area contributed by atoms with Gasteiger partial charge in [-0.3, -0.25) is 0 Å². The summed E-state index contributed by atoms with van der Waals surface area (Å²) in [6.07, 6.45) is 0. The zero-order chi connectivity index (χ0) is 8.97. The van der Waals surface area contributed by atoms with E-state index in [1.54, 1.807) is 7.05 Å². The van der Waals surface area contributed by atoms with E-state index < -0.39 is 0 Å². The van der Waals surface area contributed by atoms with Crippen molar-refractivity contribution in [2.75, 3.05) is 18.1 Å². The molecule has 0 aromatic heterocycles. The van der Waals surface area contributed by atoms with Crippen molar-refractivity contribution in [3.8, 4) is 0 Å². The van der Waals surface area contributed by atoms with Gasteiger partial charge in [0.15, 0.2) is 0 Å². The van der Waals surface area contributed by atoms with Gasteiger partial charge in [0.2, 0.25) is 0 Å². The number of hydrogen-bond donors (Lipinski definition) is 3. The SMILES string of the molecule is C=C(NC)Nc1ccccc1N. The van der Waals surface area contributed by atoms with Crippen LogP contribution < -0.4 is 16.4 Å². The van der Waals surface area contributed by atoms with Gasteiger partial charge in [-0.2, -0.15) is 0 Å². The van der Waals surface area contributed by atoms with Crippen LogP contribution >= 0.6 is 0 Å². The molecule has 64 valence electrons. The molecule has 0 aliphatic rings. The fourth-order valence-corrected chi connectivity index (χ4v) is 0.836. The summed E-state index contributed by atoms with van der Waals surface area (Å²) in [6.45, 7) is 3.73. The lowest BCUT2D eigenvalue weighted by Crippen LogP contribution is -2.13. The number of para-hydroxylation sites is 2. The van der Waals surface area contributed by atoms with E-state index in [4.69, 9.17) is 5.73 Å². The van der Waals surface area contributed by atoms with Gasteiger partial charge in [-0.05, 0) is 12.1 Å². The normalized spacial score (nSPS) is 9.08. The Balaban J connectivity index is 2.75. The Hall–Kier alpha value is -1.64. The minimum absolute atomic E-state index is 0.717. The summed E-state index contributed by atoms with van der Waals surface area (Å²) >= 11 is 0. The first-order valence-electron chi connectivity index (χ1n) is 3.72. The summed E-state index contributed by atoms with van der Waals surface area (Å²) in [4.78, 5) is 0. The number of anilines is 2. The van der Waals surface area contributed by atoms with Gasteiger partial charge in [-0.1, -0.05) is 18.7 Å². The Kier molecular flexibility index (Phi) is 2.58. The lowest BCUT2D eigenvalue weighted by molar-refractivity contribution is 1.01. The average Bonchev–Trinajstić information content (AvgIpc) is 2.09. The number of nitrogens with one attached hydrogen (secondary N) is 2. The second-order valence-electron chi connectivity index (χ2n) is 2.44. The van der Waals surface area contributed by atoms with Crippen molar-refractivity contribution in [3.05, 3.63) is 36.7 Å².